The molecule has 0 fully saturated rings. The lowest BCUT2D eigenvalue weighted by molar-refractivity contribution is -0.125. The van der Waals surface area contributed by atoms with Crippen LogP contribution in [0.15, 0.2) is 74.6 Å². The Morgan fingerprint density at radius 1 is 1.00 bits per heavy atom. The summed E-state index contributed by atoms with van der Waals surface area (Å²) < 4.78 is 16.0. The first-order chi connectivity index (χ1) is 16.4. The van der Waals surface area contributed by atoms with Crippen LogP contribution in [0, 0.1) is 20.8 Å². The van der Waals surface area contributed by atoms with E-state index in [-0.39, 0.29) is 5.82 Å². The summed E-state index contributed by atoms with van der Waals surface area (Å²) in [5.41, 5.74) is 2.70. The maximum Gasteiger partial charge on any atom is 0.340 e. The van der Waals surface area contributed by atoms with E-state index in [2.05, 4.69) is 15.6 Å². The predicted molar refractivity (Wildman–Crippen MR) is 126 cm³/mol. The highest BCUT2D eigenvalue weighted by Crippen LogP contribution is 2.30. The van der Waals surface area contributed by atoms with E-state index in [1.165, 1.54) is 11.8 Å². The lowest BCUT2D eigenvalue weighted by Gasteiger charge is -2.18. The van der Waals surface area contributed by atoms with Crippen molar-refractivity contribution in [1.82, 2.24) is 10.3 Å². The molecule has 8 nitrogen and oxygen atoms in total. The van der Waals surface area contributed by atoms with E-state index in [4.69, 9.17) is 13.8 Å². The number of amides is 1. The van der Waals surface area contributed by atoms with Crippen LogP contribution in [-0.2, 0) is 15.3 Å². The largest absolute Gasteiger partial charge is 0.444 e. The first kappa shape index (κ1) is 23.3. The number of benzene rings is 2. The van der Waals surface area contributed by atoms with Gasteiger partial charge >= 0.3 is 5.97 Å². The second-order valence-electron chi connectivity index (χ2n) is 7.60. The number of ether oxygens (including phenoxy) is 1. The van der Waals surface area contributed by atoms with E-state index in [0.717, 1.165) is 21.9 Å². The summed E-state index contributed by atoms with van der Waals surface area (Å²) in [6.07, 6.45) is -1.17. The molecule has 4 aromatic rings. The van der Waals surface area contributed by atoms with E-state index in [0.29, 0.717) is 22.6 Å². The molecule has 34 heavy (non-hydrogen) atoms. The van der Waals surface area contributed by atoms with Crippen molar-refractivity contribution in [2.75, 3.05) is 5.32 Å². The second-order valence-corrected chi connectivity index (χ2v) is 8.61. The molecule has 4 rings (SSSR count). The van der Waals surface area contributed by atoms with Gasteiger partial charge in [-0.3, -0.25) is 4.79 Å². The van der Waals surface area contributed by atoms with Crippen molar-refractivity contribution >= 4 is 29.5 Å². The van der Waals surface area contributed by atoms with Gasteiger partial charge in [0.25, 0.3) is 5.91 Å². The zero-order valence-electron chi connectivity index (χ0n) is 18.9. The molecule has 1 atom stereocenters. The first-order valence-electron chi connectivity index (χ1n) is 10.6. The maximum atomic E-state index is 13.2. The fraction of sp³-hybridized carbons (Fsp3) is 0.200. The predicted octanol–water partition coefficient (Wildman–Crippen LogP) is 5.42. The van der Waals surface area contributed by atoms with E-state index < -0.39 is 18.0 Å². The Kier molecular flexibility index (Phi) is 7.12. The fourth-order valence-electron chi connectivity index (χ4n) is 3.31. The Hall–Kier alpha value is -3.85. The number of thioether (sulfide) groups is 1. The second kappa shape index (κ2) is 10.4. The third kappa shape index (κ3) is 5.37. The van der Waals surface area contributed by atoms with Crippen molar-refractivity contribution in [3.63, 3.8) is 0 Å². The summed E-state index contributed by atoms with van der Waals surface area (Å²) >= 11 is 1.47. The Morgan fingerprint density at radius 3 is 2.41 bits per heavy atom. The van der Waals surface area contributed by atoms with Crippen LogP contribution in [0.25, 0.3) is 0 Å². The molecule has 1 unspecified atom stereocenters. The van der Waals surface area contributed by atoms with Gasteiger partial charge in [0.15, 0.2) is 5.82 Å². The highest BCUT2D eigenvalue weighted by atomic mass is 32.2. The molecule has 174 valence electrons. The molecule has 1 N–H and O–H groups in total. The number of hydrogen-bond donors (Lipinski definition) is 1. The number of carbonyl (C=O) groups excluding carboxylic acids is 2. The summed E-state index contributed by atoms with van der Waals surface area (Å²) in [5.74, 6) is 0.979. The molecule has 2 aromatic carbocycles. The van der Waals surface area contributed by atoms with Crippen LogP contribution in [0.3, 0.4) is 0 Å². The van der Waals surface area contributed by atoms with Crippen LogP contribution < -0.4 is 5.32 Å². The molecular formula is C25H23N3O5S. The topological polar surface area (TPSA) is 107 Å². The number of rotatable bonds is 8. The Labute approximate surface area is 200 Å². The average molecular weight is 478 g/mol. The Morgan fingerprint density at radius 2 is 1.74 bits per heavy atom. The van der Waals surface area contributed by atoms with Gasteiger partial charge in [-0.2, -0.15) is 0 Å². The number of aryl methyl sites for hydroxylation is 3. The smallest absolute Gasteiger partial charge is 0.340 e. The van der Waals surface area contributed by atoms with Gasteiger partial charge in [0.1, 0.15) is 11.5 Å². The molecule has 0 saturated heterocycles. The molecule has 2 heterocycles. The SMILES string of the molecule is Cc1cc(NC(=O)C(OC(=O)c2ccccc2SCc2c(C)noc2C)c2ccccc2)no1. The minimum atomic E-state index is -1.17. The third-order valence-electron chi connectivity index (χ3n) is 5.10. The van der Waals surface area contributed by atoms with Gasteiger partial charge in [-0.1, -0.05) is 52.8 Å². The standard InChI is InChI=1S/C25H23N3O5S/c1-15-13-22(28-32-15)26-24(29)23(18-9-5-4-6-10-18)31-25(30)19-11-7-8-12-21(19)34-14-20-16(2)27-33-17(20)3/h4-13,23H,14H2,1-3H3,(H,26,28,29). The molecule has 0 saturated carbocycles. The van der Waals surface area contributed by atoms with Crippen molar-refractivity contribution < 1.29 is 23.4 Å². The molecule has 0 aliphatic heterocycles. The summed E-state index contributed by atoms with van der Waals surface area (Å²) in [6.45, 7) is 5.45. The van der Waals surface area contributed by atoms with Crippen molar-refractivity contribution in [2.24, 2.45) is 0 Å². The molecule has 0 bridgehead atoms. The molecule has 0 spiro atoms. The number of esters is 1. The molecule has 0 aliphatic rings. The van der Waals surface area contributed by atoms with Gasteiger partial charge in [-0.15, -0.1) is 11.8 Å². The number of carbonyl (C=O) groups is 2. The van der Waals surface area contributed by atoms with Gasteiger partial charge in [0.2, 0.25) is 6.10 Å². The van der Waals surface area contributed by atoms with Gasteiger partial charge in [0.05, 0.1) is 11.3 Å². The van der Waals surface area contributed by atoms with Crippen molar-refractivity contribution in [3.8, 4) is 0 Å². The number of nitrogens with zero attached hydrogens (tertiary/aromatic N) is 2. The zero-order valence-corrected chi connectivity index (χ0v) is 19.7. The van der Waals surface area contributed by atoms with Crippen LogP contribution in [0.5, 0.6) is 0 Å². The van der Waals surface area contributed by atoms with Crippen molar-refractivity contribution in [3.05, 3.63) is 94.6 Å². The zero-order chi connectivity index (χ0) is 24.1. The Bertz CT molecular complexity index is 1280. The van der Waals surface area contributed by atoms with Crippen LogP contribution in [0.1, 0.15) is 44.8 Å². The molecule has 0 radical (unpaired) electrons. The first-order valence-corrected chi connectivity index (χ1v) is 11.5. The monoisotopic (exact) mass is 477 g/mol. The van der Waals surface area contributed by atoms with Crippen LogP contribution in [-0.4, -0.2) is 22.2 Å². The number of anilines is 1. The molecule has 0 aliphatic carbocycles. The number of nitrogens with one attached hydrogen (secondary N) is 1. The highest BCUT2D eigenvalue weighted by molar-refractivity contribution is 7.98. The van der Waals surface area contributed by atoms with Gasteiger partial charge < -0.3 is 19.1 Å². The van der Waals surface area contributed by atoms with Gasteiger partial charge in [-0.25, -0.2) is 4.79 Å². The van der Waals surface area contributed by atoms with Crippen LogP contribution in [0.4, 0.5) is 5.82 Å². The summed E-state index contributed by atoms with van der Waals surface area (Å²) in [4.78, 5) is 27.0. The van der Waals surface area contributed by atoms with E-state index in [1.807, 2.05) is 32.0 Å². The highest BCUT2D eigenvalue weighted by Gasteiger charge is 2.27. The maximum absolute atomic E-state index is 13.2. The van der Waals surface area contributed by atoms with Crippen molar-refractivity contribution in [2.45, 2.75) is 37.5 Å². The van der Waals surface area contributed by atoms with Gasteiger partial charge in [0, 0.05) is 27.8 Å². The van der Waals surface area contributed by atoms with Crippen LogP contribution in [0.2, 0.25) is 0 Å². The lowest BCUT2D eigenvalue weighted by atomic mass is 10.1. The minimum absolute atomic E-state index is 0.245. The third-order valence-corrected chi connectivity index (χ3v) is 6.20. The van der Waals surface area contributed by atoms with E-state index in [1.54, 1.807) is 49.4 Å². The van der Waals surface area contributed by atoms with Crippen LogP contribution >= 0.6 is 11.8 Å². The van der Waals surface area contributed by atoms with Crippen molar-refractivity contribution in [1.29, 1.82) is 0 Å². The normalized spacial score (nSPS) is 11.7. The Balaban J connectivity index is 1.55. The molecule has 1 amide bonds. The molecule has 9 heteroatoms. The summed E-state index contributed by atoms with van der Waals surface area (Å²) in [7, 11) is 0. The quantitative estimate of drug-likeness (QED) is 0.265. The number of hydrogen-bond acceptors (Lipinski definition) is 8. The molecular weight excluding hydrogens is 454 g/mol. The lowest BCUT2D eigenvalue weighted by Crippen LogP contribution is -2.26. The summed E-state index contributed by atoms with van der Waals surface area (Å²) in [6, 6.07) is 17.5. The van der Waals surface area contributed by atoms with Gasteiger partial charge in [-0.05, 0) is 32.9 Å². The molecule has 2 aromatic heterocycles. The number of aromatic nitrogens is 2. The minimum Gasteiger partial charge on any atom is -0.444 e. The summed E-state index contributed by atoms with van der Waals surface area (Å²) in [5, 5.41) is 10.4. The van der Waals surface area contributed by atoms with E-state index in [9.17, 15) is 9.59 Å². The fourth-order valence-corrected chi connectivity index (χ4v) is 4.50. The van der Waals surface area contributed by atoms with E-state index >= 15 is 0 Å². The average Bonchev–Trinajstić information content (AvgIpc) is 3.40.